The van der Waals surface area contributed by atoms with Crippen LogP contribution in [-0.2, 0) is 14.8 Å². The van der Waals surface area contributed by atoms with E-state index >= 15 is 4.39 Å². The average molecular weight is 644 g/mol. The lowest BCUT2D eigenvalue weighted by atomic mass is 10.2. The fourth-order valence-corrected chi connectivity index (χ4v) is 5.77. The van der Waals surface area contributed by atoms with E-state index in [1.165, 1.54) is 25.0 Å². The number of carboxylic acid groups (broad SMARTS) is 1. The Morgan fingerprint density at radius 3 is 2.40 bits per heavy atom. The average Bonchev–Trinajstić information content (AvgIpc) is 3.41. The molecule has 42 heavy (non-hydrogen) atoms. The van der Waals surface area contributed by atoms with E-state index in [1.54, 1.807) is 50.9 Å². The summed E-state index contributed by atoms with van der Waals surface area (Å²) in [7, 11) is -0.190. The van der Waals surface area contributed by atoms with Crippen LogP contribution in [0.1, 0.15) is 20.8 Å². The number of rotatable bonds is 10. The fourth-order valence-electron chi connectivity index (χ4n) is 3.57. The number of halogens is 2. The second-order valence-electron chi connectivity index (χ2n) is 9.99. The molecular weight excluding hydrogens is 613 g/mol. The molecule has 1 aromatic heterocycles. The van der Waals surface area contributed by atoms with Crippen molar-refractivity contribution < 1.29 is 37.0 Å². The number of anilines is 4. The number of nitrogens with zero attached hydrogens (tertiary/aromatic N) is 4. The van der Waals surface area contributed by atoms with Crippen LogP contribution in [0.15, 0.2) is 46.1 Å². The van der Waals surface area contributed by atoms with Crippen molar-refractivity contribution in [1.82, 2.24) is 9.88 Å². The Labute approximate surface area is 252 Å². The molecule has 0 aliphatic carbocycles. The van der Waals surface area contributed by atoms with Gasteiger partial charge in [0.1, 0.15) is 22.1 Å². The number of ether oxygens (including phenoxy) is 2. The molecule has 0 saturated carbocycles. The number of hydrogen-bond donors (Lipinski definition) is 2. The molecule has 0 bridgehead atoms. The summed E-state index contributed by atoms with van der Waals surface area (Å²) in [5.41, 5.74) is 1.33. The van der Waals surface area contributed by atoms with Crippen LogP contribution >= 0.6 is 22.9 Å². The number of hydrogen-bond acceptors (Lipinski definition) is 10. The van der Waals surface area contributed by atoms with Gasteiger partial charge in [0.05, 0.1) is 34.7 Å². The molecule has 0 aliphatic heterocycles. The van der Waals surface area contributed by atoms with Gasteiger partial charge in [0, 0.05) is 44.7 Å². The minimum absolute atomic E-state index is 0.0352. The summed E-state index contributed by atoms with van der Waals surface area (Å²) < 4.78 is 53.6. The molecule has 0 fully saturated rings. The lowest BCUT2D eigenvalue weighted by Gasteiger charge is -2.26. The van der Waals surface area contributed by atoms with Gasteiger partial charge in [-0.15, -0.1) is 15.6 Å². The fraction of sp³-hybridized carbons (Fsp3) is 0.346. The highest BCUT2D eigenvalue weighted by Crippen LogP contribution is 2.37. The van der Waals surface area contributed by atoms with Gasteiger partial charge in [-0.25, -0.2) is 27.4 Å². The first-order valence-electron chi connectivity index (χ1n) is 12.3. The van der Waals surface area contributed by atoms with E-state index < -0.39 is 38.5 Å². The third-order valence-corrected chi connectivity index (χ3v) is 8.28. The molecule has 2 N–H and O–H groups in total. The summed E-state index contributed by atoms with van der Waals surface area (Å²) in [6.07, 6.45) is -2.34. The Balaban J connectivity index is 1.99. The predicted octanol–water partition coefficient (Wildman–Crippen LogP) is 5.86. The second kappa shape index (κ2) is 13.0. The van der Waals surface area contributed by atoms with Crippen LogP contribution in [0.5, 0.6) is 5.75 Å². The van der Waals surface area contributed by atoms with Crippen molar-refractivity contribution in [2.45, 2.75) is 31.3 Å². The van der Waals surface area contributed by atoms with Crippen molar-refractivity contribution in [2.24, 2.45) is 0 Å². The molecule has 3 aromatic rings. The Morgan fingerprint density at radius 1 is 1.14 bits per heavy atom. The smallest absolute Gasteiger partial charge is 0.430 e. The molecule has 228 valence electrons. The second-order valence-corrected chi connectivity index (χ2v) is 12.9. The molecule has 0 unspecified atom stereocenters. The van der Waals surface area contributed by atoms with Crippen LogP contribution in [-0.4, -0.2) is 75.5 Å². The molecule has 0 atom stereocenters. The first-order chi connectivity index (χ1) is 19.5. The zero-order valence-corrected chi connectivity index (χ0v) is 26.1. The molecule has 1 heterocycles. The summed E-state index contributed by atoms with van der Waals surface area (Å²) in [5, 5.41) is 13.3. The van der Waals surface area contributed by atoms with Crippen molar-refractivity contribution >= 4 is 68.0 Å². The van der Waals surface area contributed by atoms with Crippen LogP contribution in [0.2, 0.25) is 5.02 Å². The van der Waals surface area contributed by atoms with Crippen LogP contribution in [0, 0.1) is 5.82 Å². The molecule has 0 saturated heterocycles. The highest BCUT2D eigenvalue weighted by Gasteiger charge is 2.38. The number of methoxy groups -OCH3 is 1. The van der Waals surface area contributed by atoms with Crippen molar-refractivity contribution in [3.8, 4) is 5.75 Å². The Morgan fingerprint density at radius 2 is 1.83 bits per heavy atom. The molecule has 12 nitrogen and oxygen atoms in total. The van der Waals surface area contributed by atoms with Gasteiger partial charge in [-0.2, -0.15) is 0 Å². The Bertz CT molecular complexity index is 1550. The highest BCUT2D eigenvalue weighted by atomic mass is 35.5. The van der Waals surface area contributed by atoms with Crippen molar-refractivity contribution in [3.05, 3.63) is 52.1 Å². The highest BCUT2D eigenvalue weighted by molar-refractivity contribution is 7.93. The number of aromatic nitrogens is 1. The van der Waals surface area contributed by atoms with E-state index in [9.17, 15) is 18.0 Å². The van der Waals surface area contributed by atoms with E-state index in [4.69, 9.17) is 26.2 Å². The number of carbonyl (C=O) groups is 2. The lowest BCUT2D eigenvalue weighted by molar-refractivity contribution is 0.0608. The number of thiazole rings is 1. The van der Waals surface area contributed by atoms with E-state index in [0.717, 1.165) is 28.4 Å². The molecule has 3 rings (SSSR count). The van der Waals surface area contributed by atoms with Gasteiger partial charge in [-0.3, -0.25) is 0 Å². The third-order valence-electron chi connectivity index (χ3n) is 5.71. The predicted molar refractivity (Wildman–Crippen MR) is 160 cm³/mol. The van der Waals surface area contributed by atoms with Gasteiger partial charge in [-0.05, 0) is 39.0 Å². The summed E-state index contributed by atoms with van der Waals surface area (Å²) >= 11 is 7.49. The number of sulfonamides is 1. The largest absolute Gasteiger partial charge is 0.497 e. The topological polar surface area (TPSA) is 142 Å². The van der Waals surface area contributed by atoms with E-state index in [-0.39, 0.29) is 23.1 Å². The van der Waals surface area contributed by atoms with Crippen LogP contribution in [0.3, 0.4) is 0 Å². The van der Waals surface area contributed by atoms with Gasteiger partial charge >= 0.3 is 12.2 Å². The van der Waals surface area contributed by atoms with Gasteiger partial charge < -0.3 is 29.7 Å². The summed E-state index contributed by atoms with van der Waals surface area (Å²) in [5.74, 6) is -0.930. The van der Waals surface area contributed by atoms with Crippen molar-refractivity contribution in [1.29, 1.82) is 0 Å². The number of amides is 2. The van der Waals surface area contributed by atoms with E-state index in [1.807, 2.05) is 0 Å². The van der Waals surface area contributed by atoms with Crippen LogP contribution in [0.25, 0.3) is 0 Å². The number of carbonyl (C=O) groups excluding carboxylic acids is 1. The standard InChI is InChI=1S/C26H31ClFN5O7S2/c1-26(2,3)40-25(36)33(23-14-41-15-29-23)42(37,38)22-12-17(27)20(13-18(22)28)30-19-8-7-16(39-6)11-21(19)31(4)9-10-32(5)24(34)35/h7-8,11-15,30H,9-10H2,1-6H3,(H,34,35). The number of likely N-dealkylation sites (N-methyl/N-ethyl adjacent to an activating group) is 2. The maximum atomic E-state index is 15.5. The van der Waals surface area contributed by atoms with Gasteiger partial charge in [-0.1, -0.05) is 11.6 Å². The normalized spacial score (nSPS) is 11.5. The van der Waals surface area contributed by atoms with Crippen molar-refractivity contribution in [2.75, 3.05) is 48.8 Å². The maximum absolute atomic E-state index is 15.5. The first kappa shape index (κ1) is 32.7. The maximum Gasteiger partial charge on any atom is 0.430 e. The zero-order valence-electron chi connectivity index (χ0n) is 23.7. The SMILES string of the molecule is COc1ccc(Nc2cc(F)c(S(=O)(=O)N(C(=O)OC(C)(C)C)c3cscn3)cc2Cl)c(N(C)CCN(C)C(=O)O)c1. The van der Waals surface area contributed by atoms with Crippen LogP contribution < -0.4 is 19.3 Å². The van der Waals surface area contributed by atoms with E-state index in [0.29, 0.717) is 28.0 Å². The lowest BCUT2D eigenvalue weighted by Crippen LogP contribution is -2.41. The minimum Gasteiger partial charge on any atom is -0.497 e. The minimum atomic E-state index is -4.85. The molecule has 0 spiro atoms. The summed E-state index contributed by atoms with van der Waals surface area (Å²) in [6, 6.07) is 6.79. The van der Waals surface area contributed by atoms with E-state index in [2.05, 4.69) is 10.3 Å². The Hall–Kier alpha value is -3.82. The van der Waals surface area contributed by atoms with Crippen LogP contribution in [0.4, 0.5) is 36.9 Å². The quantitative estimate of drug-likeness (QED) is 0.276. The number of nitrogens with one attached hydrogen (secondary N) is 1. The van der Waals surface area contributed by atoms with Gasteiger partial charge in [0.25, 0.3) is 10.0 Å². The third kappa shape index (κ3) is 7.72. The molecule has 0 aliphatic rings. The molecule has 2 amide bonds. The summed E-state index contributed by atoms with van der Waals surface area (Å²) in [4.78, 5) is 30.1. The first-order valence-corrected chi connectivity index (χ1v) is 15.1. The monoisotopic (exact) mass is 643 g/mol. The molecule has 16 heteroatoms. The molecule has 2 aromatic carbocycles. The van der Waals surface area contributed by atoms with Crippen molar-refractivity contribution in [3.63, 3.8) is 0 Å². The summed E-state index contributed by atoms with van der Waals surface area (Å²) in [6.45, 7) is 5.18. The van der Waals surface area contributed by atoms with Gasteiger partial charge in [0.15, 0.2) is 5.82 Å². The number of benzene rings is 2. The van der Waals surface area contributed by atoms with Gasteiger partial charge in [0.2, 0.25) is 0 Å². The molecule has 0 radical (unpaired) electrons. The zero-order chi connectivity index (χ0) is 31.4. The molecular formula is C26H31ClFN5O7S2. The Kier molecular flexibility index (Phi) is 10.1.